The van der Waals surface area contributed by atoms with Gasteiger partial charge in [0.05, 0.1) is 12.6 Å². The second kappa shape index (κ2) is 24.0. The Morgan fingerprint density at radius 1 is 0.690 bits per heavy atom. The lowest BCUT2D eigenvalue weighted by molar-refractivity contribution is -0.123. The van der Waals surface area contributed by atoms with E-state index >= 15 is 0 Å². The number of aromatic nitrogens is 2. The molecule has 0 saturated carbocycles. The summed E-state index contributed by atoms with van der Waals surface area (Å²) in [5.41, 5.74) is -1.32. The molecule has 0 spiro atoms. The number of nitrogens with zero attached hydrogens (tertiary/aromatic N) is 2. The zero-order chi connectivity index (χ0) is 41.7. The van der Waals surface area contributed by atoms with E-state index in [4.69, 9.17) is 9.57 Å². The smallest absolute Gasteiger partial charge is 0.296 e. The monoisotopic (exact) mass is 805 g/mol. The second-order valence-electron chi connectivity index (χ2n) is 13.5. The minimum Gasteiger partial charge on any atom is -0.405 e. The van der Waals surface area contributed by atoms with E-state index in [0.29, 0.717) is 77.2 Å². The summed E-state index contributed by atoms with van der Waals surface area (Å²) >= 11 is 0. The largest absolute Gasteiger partial charge is 0.405 e. The van der Waals surface area contributed by atoms with Crippen LogP contribution in [0.4, 0.5) is 0 Å². The van der Waals surface area contributed by atoms with E-state index in [9.17, 15) is 33.6 Å². The molecular weight excluding hydrogens is 750 g/mol. The molecule has 5 amide bonds. The molecule has 0 saturated heterocycles. The van der Waals surface area contributed by atoms with Crippen LogP contribution in [0.1, 0.15) is 86.3 Å². The second-order valence-corrected chi connectivity index (χ2v) is 13.5. The normalized spacial score (nSPS) is 17.0. The Hall–Kier alpha value is -5.85. The van der Waals surface area contributed by atoms with Crippen molar-refractivity contribution in [3.8, 4) is 0 Å². The van der Waals surface area contributed by atoms with Gasteiger partial charge in [-0.15, -0.1) is 4.73 Å². The zero-order valence-electron chi connectivity index (χ0n) is 33.2. The molecule has 5 heterocycles. The van der Waals surface area contributed by atoms with Crippen LogP contribution in [0.25, 0.3) is 0 Å². The number of ether oxygens (including phenoxy) is 1. The van der Waals surface area contributed by atoms with E-state index in [1.807, 2.05) is 13.0 Å². The quantitative estimate of drug-likeness (QED) is 0.136. The number of pyridine rings is 2. The van der Waals surface area contributed by atoms with Crippen molar-refractivity contribution in [2.45, 2.75) is 51.7 Å². The zero-order valence-corrected chi connectivity index (χ0v) is 33.2. The van der Waals surface area contributed by atoms with Gasteiger partial charge in [0.2, 0.25) is 5.91 Å². The third-order valence-electron chi connectivity index (χ3n) is 9.10. The minimum atomic E-state index is -0.849. The highest BCUT2D eigenvalue weighted by Crippen LogP contribution is 2.05. The first-order chi connectivity index (χ1) is 28.1. The fraction of sp³-hybridized carbons (Fsp3) is 0.475. The van der Waals surface area contributed by atoms with E-state index in [1.54, 1.807) is 24.3 Å². The Labute approximate surface area is 336 Å². The average molecular weight is 806 g/mol. The molecule has 18 heteroatoms. The van der Waals surface area contributed by atoms with Gasteiger partial charge in [0.25, 0.3) is 34.7 Å². The third-order valence-corrected chi connectivity index (χ3v) is 9.10. The van der Waals surface area contributed by atoms with E-state index in [2.05, 4.69) is 37.2 Å². The number of amides is 5. The van der Waals surface area contributed by atoms with Crippen LogP contribution < -0.4 is 53.2 Å². The third kappa shape index (κ3) is 13.7. The van der Waals surface area contributed by atoms with Gasteiger partial charge in [-0.1, -0.05) is 37.3 Å². The number of fused-ring (bicyclic) bond motifs is 2. The molecule has 0 radical (unpaired) electrons. The molecule has 1 atom stereocenters. The Kier molecular flexibility index (Phi) is 18.6. The topological polar surface area (TPSA) is 232 Å². The number of hydrogen-bond acceptors (Lipinski definition) is 11. The molecule has 6 rings (SSSR count). The summed E-state index contributed by atoms with van der Waals surface area (Å²) in [6, 6.07) is 13.7. The lowest BCUT2D eigenvalue weighted by atomic mass is 10.1. The summed E-state index contributed by atoms with van der Waals surface area (Å²) in [6.45, 7) is 5.31. The first kappa shape index (κ1) is 44.9. The maximum Gasteiger partial charge on any atom is 0.296 e. The van der Waals surface area contributed by atoms with Gasteiger partial charge >= 0.3 is 0 Å². The Morgan fingerprint density at radius 2 is 1.29 bits per heavy atom. The summed E-state index contributed by atoms with van der Waals surface area (Å²) in [6.07, 6.45) is 3.11. The predicted molar refractivity (Wildman–Crippen MR) is 216 cm³/mol. The number of rotatable bonds is 9. The van der Waals surface area contributed by atoms with Crippen LogP contribution in [0.5, 0.6) is 0 Å². The molecule has 3 aliphatic heterocycles. The van der Waals surface area contributed by atoms with Crippen LogP contribution in [0.3, 0.4) is 0 Å². The average Bonchev–Trinajstić information content (AvgIpc) is 3.22. The molecule has 314 valence electrons. The summed E-state index contributed by atoms with van der Waals surface area (Å²) in [5, 5.41) is 20.2. The molecule has 0 fully saturated rings. The maximum absolute atomic E-state index is 13.6. The van der Waals surface area contributed by atoms with Crippen molar-refractivity contribution in [2.75, 3.05) is 65.6 Å². The molecule has 3 aromatic rings. The minimum absolute atomic E-state index is 0.00432. The number of nitrogens with one attached hydrogen (secondary N) is 7. The highest BCUT2D eigenvalue weighted by Gasteiger charge is 2.22. The molecule has 2 aromatic heterocycles. The van der Waals surface area contributed by atoms with E-state index in [0.717, 1.165) is 15.7 Å². The van der Waals surface area contributed by atoms with E-state index in [1.165, 1.54) is 31.3 Å². The Morgan fingerprint density at radius 3 is 1.98 bits per heavy atom. The number of carbonyl (C=O) groups excluding carboxylic acids is 5. The number of carbonyl (C=O) groups is 5. The Bertz CT molecular complexity index is 1970. The van der Waals surface area contributed by atoms with Crippen molar-refractivity contribution in [3.63, 3.8) is 0 Å². The SMILES string of the molecule is CCCOCCNC(=O)C1CCCNCCCNC(=O)c2ccc(n(C)c2=O)C(=O)NCCNC(=O)c2ccc(c(=O)n2OCc2ccccc2)C(=O)NCCCN1. The van der Waals surface area contributed by atoms with Crippen LogP contribution in [0, 0.1) is 0 Å². The van der Waals surface area contributed by atoms with Gasteiger partial charge in [-0.05, 0) is 81.6 Å². The number of benzene rings is 1. The van der Waals surface area contributed by atoms with Gasteiger partial charge in [0, 0.05) is 46.4 Å². The van der Waals surface area contributed by atoms with Crippen molar-refractivity contribution in [1.82, 2.24) is 46.5 Å². The van der Waals surface area contributed by atoms with Crippen LogP contribution >= 0.6 is 0 Å². The van der Waals surface area contributed by atoms with Crippen molar-refractivity contribution >= 4 is 29.5 Å². The van der Waals surface area contributed by atoms with Gasteiger partial charge in [0.15, 0.2) is 0 Å². The molecule has 4 bridgehead atoms. The molecule has 1 aromatic carbocycles. The van der Waals surface area contributed by atoms with E-state index in [-0.39, 0.29) is 54.7 Å². The fourth-order valence-electron chi connectivity index (χ4n) is 5.94. The van der Waals surface area contributed by atoms with Crippen molar-refractivity contribution < 1.29 is 33.5 Å². The van der Waals surface area contributed by atoms with Crippen molar-refractivity contribution in [2.24, 2.45) is 7.05 Å². The van der Waals surface area contributed by atoms with E-state index < -0.39 is 40.8 Å². The molecule has 58 heavy (non-hydrogen) atoms. The summed E-state index contributed by atoms with van der Waals surface area (Å²) in [7, 11) is 1.38. The first-order valence-corrected chi connectivity index (χ1v) is 19.7. The van der Waals surface area contributed by atoms with Gasteiger partial charge in [-0.25, -0.2) is 0 Å². The lowest BCUT2D eigenvalue weighted by Crippen LogP contribution is -2.46. The van der Waals surface area contributed by atoms with Crippen LogP contribution in [-0.2, 0) is 23.2 Å². The first-order valence-electron chi connectivity index (χ1n) is 19.7. The Balaban J connectivity index is 1.50. The highest BCUT2D eigenvalue weighted by atomic mass is 16.7. The molecule has 7 N–H and O–H groups in total. The lowest BCUT2D eigenvalue weighted by Gasteiger charge is -2.19. The summed E-state index contributed by atoms with van der Waals surface area (Å²) < 4.78 is 7.33. The van der Waals surface area contributed by atoms with Gasteiger partial charge in [-0.2, -0.15) is 0 Å². The van der Waals surface area contributed by atoms with Crippen LogP contribution in [0.15, 0.2) is 64.2 Å². The maximum atomic E-state index is 13.6. The molecule has 18 nitrogen and oxygen atoms in total. The molecular formula is C40H55N9O9. The molecule has 0 aliphatic carbocycles. The van der Waals surface area contributed by atoms with Gasteiger partial charge < -0.3 is 51.4 Å². The van der Waals surface area contributed by atoms with Crippen molar-refractivity contribution in [3.05, 3.63) is 103 Å². The van der Waals surface area contributed by atoms with Gasteiger partial charge in [-0.3, -0.25) is 33.6 Å². The predicted octanol–water partition coefficient (Wildman–Crippen LogP) is -0.540. The summed E-state index contributed by atoms with van der Waals surface area (Å²) in [5.74, 6) is -2.70. The summed E-state index contributed by atoms with van der Waals surface area (Å²) in [4.78, 5) is 97.8. The van der Waals surface area contributed by atoms with Crippen molar-refractivity contribution in [1.29, 1.82) is 0 Å². The fourth-order valence-corrected chi connectivity index (χ4v) is 5.94. The molecule has 1 unspecified atom stereocenters. The number of hydrogen-bond donors (Lipinski definition) is 7. The highest BCUT2D eigenvalue weighted by molar-refractivity contribution is 5.97. The molecule has 3 aliphatic rings. The van der Waals surface area contributed by atoms with Gasteiger partial charge in [0.1, 0.15) is 29.1 Å². The van der Waals surface area contributed by atoms with Crippen LogP contribution in [-0.4, -0.2) is 110 Å². The van der Waals surface area contributed by atoms with Crippen LogP contribution in [0.2, 0.25) is 0 Å². The standard InChI is InChI=1S/C40H55N9O9/c1-3-25-57-26-24-47-36(52)31-12-7-17-41-18-8-20-43-34(50)29-13-15-32(48(2)39(29)55)37(53)45-22-23-46-38(54)33-16-14-30(35(51)44-21-9-19-42-31)40(56)49(33)58-27-28-10-5-4-6-11-28/h4-6,10-11,13-16,31,41-42H,3,7-9,12,17-27H2,1-2H3,(H,43,50)(H,44,51)(H,45,53)(H,46,54)(H,47,52).